The Morgan fingerprint density at radius 3 is 2.15 bits per heavy atom. The summed E-state index contributed by atoms with van der Waals surface area (Å²) in [6, 6.07) is 6.78. The molecular formula is C19H23ClN2O3S. The van der Waals surface area contributed by atoms with Gasteiger partial charge in [0, 0.05) is 19.7 Å². The number of amides is 1. The number of carbonyl (C=O) groups is 1. The first-order valence-corrected chi connectivity index (χ1v) is 9.88. The lowest BCUT2D eigenvalue weighted by Crippen LogP contribution is -2.24. The number of halogens is 1. The third-order valence-electron chi connectivity index (χ3n) is 4.31. The van der Waals surface area contributed by atoms with E-state index in [1.807, 2.05) is 19.9 Å². The predicted octanol–water partition coefficient (Wildman–Crippen LogP) is 4.08. The van der Waals surface area contributed by atoms with Crippen LogP contribution in [0.4, 0.5) is 5.69 Å². The van der Waals surface area contributed by atoms with Gasteiger partial charge in [0.2, 0.25) is 10.0 Å². The number of anilines is 1. The van der Waals surface area contributed by atoms with E-state index in [-0.39, 0.29) is 10.5 Å². The topological polar surface area (TPSA) is 66.5 Å². The number of hydrogen-bond acceptors (Lipinski definition) is 3. The molecule has 5 nitrogen and oxygen atoms in total. The van der Waals surface area contributed by atoms with Crippen molar-refractivity contribution < 1.29 is 13.2 Å². The maximum Gasteiger partial charge on any atom is 0.255 e. The first-order chi connectivity index (χ1) is 11.9. The van der Waals surface area contributed by atoms with E-state index in [2.05, 4.69) is 5.32 Å². The van der Waals surface area contributed by atoms with Gasteiger partial charge in [-0.05, 0) is 68.1 Å². The summed E-state index contributed by atoms with van der Waals surface area (Å²) in [4.78, 5) is 12.9. The van der Waals surface area contributed by atoms with Gasteiger partial charge >= 0.3 is 0 Å². The molecule has 140 valence electrons. The summed E-state index contributed by atoms with van der Waals surface area (Å²) in [5.74, 6) is -0.405. The normalized spacial score (nSPS) is 11.7. The van der Waals surface area contributed by atoms with E-state index in [0.29, 0.717) is 16.3 Å². The average molecular weight is 395 g/mol. The van der Waals surface area contributed by atoms with E-state index < -0.39 is 15.9 Å². The lowest BCUT2D eigenvalue weighted by Gasteiger charge is -2.17. The van der Waals surface area contributed by atoms with Crippen LogP contribution in [0.2, 0.25) is 5.02 Å². The van der Waals surface area contributed by atoms with Crippen LogP contribution in [0.3, 0.4) is 0 Å². The van der Waals surface area contributed by atoms with Gasteiger partial charge in [0.15, 0.2) is 0 Å². The maximum absolute atomic E-state index is 12.7. The molecule has 2 aromatic rings. The van der Waals surface area contributed by atoms with Crippen LogP contribution in [-0.2, 0) is 10.0 Å². The minimum atomic E-state index is -3.65. The summed E-state index contributed by atoms with van der Waals surface area (Å²) in [6.45, 7) is 7.29. The highest BCUT2D eigenvalue weighted by atomic mass is 35.5. The van der Waals surface area contributed by atoms with E-state index in [0.717, 1.165) is 21.0 Å². The summed E-state index contributed by atoms with van der Waals surface area (Å²) < 4.78 is 26.3. The molecule has 0 atom stereocenters. The summed E-state index contributed by atoms with van der Waals surface area (Å²) in [5, 5.41) is 3.24. The highest BCUT2D eigenvalue weighted by Crippen LogP contribution is 2.29. The molecule has 0 aliphatic rings. The lowest BCUT2D eigenvalue weighted by atomic mass is 10.1. The van der Waals surface area contributed by atoms with Gasteiger partial charge in [-0.3, -0.25) is 4.79 Å². The molecule has 1 N–H and O–H groups in total. The summed E-state index contributed by atoms with van der Waals surface area (Å²) in [6.07, 6.45) is 0. The van der Waals surface area contributed by atoms with Gasteiger partial charge in [-0.1, -0.05) is 17.7 Å². The highest BCUT2D eigenvalue weighted by Gasteiger charge is 2.23. The van der Waals surface area contributed by atoms with Crippen LogP contribution >= 0.6 is 11.6 Å². The Bertz CT molecular complexity index is 960. The van der Waals surface area contributed by atoms with Gasteiger partial charge < -0.3 is 5.32 Å². The fraction of sp³-hybridized carbons (Fsp3) is 0.316. The van der Waals surface area contributed by atoms with Crippen molar-refractivity contribution in [2.24, 2.45) is 0 Å². The van der Waals surface area contributed by atoms with Crippen LogP contribution in [0.5, 0.6) is 0 Å². The molecule has 26 heavy (non-hydrogen) atoms. The Morgan fingerprint density at radius 1 is 1.00 bits per heavy atom. The molecule has 0 aliphatic heterocycles. The number of hydrogen-bond donors (Lipinski definition) is 1. The molecule has 0 saturated heterocycles. The van der Waals surface area contributed by atoms with Gasteiger partial charge in [-0.2, -0.15) is 0 Å². The van der Waals surface area contributed by atoms with Crippen LogP contribution in [0.1, 0.15) is 32.6 Å². The van der Waals surface area contributed by atoms with Crippen LogP contribution in [0, 0.1) is 27.7 Å². The van der Waals surface area contributed by atoms with Gasteiger partial charge in [0.25, 0.3) is 5.91 Å². The van der Waals surface area contributed by atoms with Crippen molar-refractivity contribution >= 4 is 33.2 Å². The standard InChI is InChI=1S/C19H23ClN2O3S/c1-11-7-13(3)18(16(20)8-11)21-19(23)15-9-12(2)14(4)17(10-15)26(24,25)22(5)6/h7-10H,1-6H3,(H,21,23). The Morgan fingerprint density at radius 2 is 1.62 bits per heavy atom. The molecule has 0 aliphatic carbocycles. The third-order valence-corrected chi connectivity index (χ3v) is 6.55. The van der Waals surface area contributed by atoms with Gasteiger partial charge in [0.1, 0.15) is 0 Å². The number of rotatable bonds is 4. The second-order valence-electron chi connectivity index (χ2n) is 6.60. The van der Waals surface area contributed by atoms with Crippen LogP contribution in [-0.4, -0.2) is 32.7 Å². The molecule has 0 unspecified atom stereocenters. The van der Waals surface area contributed by atoms with E-state index in [1.165, 1.54) is 20.2 Å². The van der Waals surface area contributed by atoms with Gasteiger partial charge in [-0.25, -0.2) is 12.7 Å². The minimum absolute atomic E-state index is 0.124. The number of nitrogens with zero attached hydrogens (tertiary/aromatic N) is 1. The fourth-order valence-corrected chi connectivity index (χ4v) is 4.27. The van der Waals surface area contributed by atoms with E-state index in [1.54, 1.807) is 26.0 Å². The second-order valence-corrected chi connectivity index (χ2v) is 9.12. The Kier molecular flexibility index (Phi) is 5.80. The molecule has 0 bridgehead atoms. The number of nitrogens with one attached hydrogen (secondary N) is 1. The smallest absolute Gasteiger partial charge is 0.255 e. The lowest BCUT2D eigenvalue weighted by molar-refractivity contribution is 0.102. The van der Waals surface area contributed by atoms with E-state index >= 15 is 0 Å². The Labute approximate surface area is 160 Å². The number of carbonyl (C=O) groups excluding carboxylic acids is 1. The number of aryl methyl sites for hydroxylation is 3. The highest BCUT2D eigenvalue weighted by molar-refractivity contribution is 7.89. The Balaban J connectivity index is 2.50. The average Bonchev–Trinajstić information content (AvgIpc) is 2.52. The quantitative estimate of drug-likeness (QED) is 0.849. The third kappa shape index (κ3) is 3.92. The fourth-order valence-electron chi connectivity index (χ4n) is 2.68. The van der Waals surface area contributed by atoms with Crippen molar-refractivity contribution in [3.8, 4) is 0 Å². The molecule has 0 radical (unpaired) electrons. The molecular weight excluding hydrogens is 372 g/mol. The van der Waals surface area contributed by atoms with Gasteiger partial charge in [0.05, 0.1) is 15.6 Å². The van der Waals surface area contributed by atoms with Crippen molar-refractivity contribution in [2.75, 3.05) is 19.4 Å². The largest absolute Gasteiger partial charge is 0.320 e. The second kappa shape index (κ2) is 7.39. The molecule has 0 saturated carbocycles. The van der Waals surface area contributed by atoms with Crippen molar-refractivity contribution in [3.63, 3.8) is 0 Å². The molecule has 0 fully saturated rings. The van der Waals surface area contributed by atoms with Crippen LogP contribution < -0.4 is 5.32 Å². The zero-order chi connectivity index (χ0) is 19.8. The first kappa shape index (κ1) is 20.4. The van der Waals surface area contributed by atoms with Crippen molar-refractivity contribution in [2.45, 2.75) is 32.6 Å². The monoisotopic (exact) mass is 394 g/mol. The molecule has 2 rings (SSSR count). The molecule has 0 heterocycles. The summed E-state index contributed by atoms with van der Waals surface area (Å²) >= 11 is 6.25. The zero-order valence-electron chi connectivity index (χ0n) is 15.8. The van der Waals surface area contributed by atoms with Crippen molar-refractivity contribution in [1.82, 2.24) is 4.31 Å². The first-order valence-electron chi connectivity index (χ1n) is 8.07. The van der Waals surface area contributed by atoms with Crippen LogP contribution in [0.15, 0.2) is 29.2 Å². The van der Waals surface area contributed by atoms with Crippen LogP contribution in [0.25, 0.3) is 0 Å². The number of benzene rings is 2. The molecule has 0 aromatic heterocycles. The zero-order valence-corrected chi connectivity index (χ0v) is 17.3. The van der Waals surface area contributed by atoms with E-state index in [9.17, 15) is 13.2 Å². The minimum Gasteiger partial charge on any atom is -0.320 e. The molecule has 0 spiro atoms. The molecule has 7 heteroatoms. The molecule has 2 aromatic carbocycles. The van der Waals surface area contributed by atoms with E-state index in [4.69, 9.17) is 11.6 Å². The summed E-state index contributed by atoms with van der Waals surface area (Å²) in [7, 11) is -0.724. The number of sulfonamides is 1. The van der Waals surface area contributed by atoms with Gasteiger partial charge in [-0.15, -0.1) is 0 Å². The Hall–Kier alpha value is -1.89. The SMILES string of the molecule is Cc1cc(C)c(NC(=O)c2cc(C)c(C)c(S(=O)(=O)N(C)C)c2)c(Cl)c1. The molecule has 1 amide bonds. The van der Waals surface area contributed by atoms with Crippen molar-refractivity contribution in [3.05, 3.63) is 57.1 Å². The van der Waals surface area contributed by atoms with Crippen molar-refractivity contribution in [1.29, 1.82) is 0 Å². The maximum atomic E-state index is 12.7. The predicted molar refractivity (Wildman–Crippen MR) is 106 cm³/mol. The summed E-state index contributed by atoms with van der Waals surface area (Å²) in [5.41, 5.74) is 3.98.